The minimum absolute atomic E-state index is 0.0574. The molecule has 0 radical (unpaired) electrons. The van der Waals surface area contributed by atoms with E-state index in [0.717, 1.165) is 0 Å². The first-order valence-electron chi connectivity index (χ1n) is 4.20. The molecule has 0 amide bonds. The van der Waals surface area contributed by atoms with Crippen LogP contribution in [0.3, 0.4) is 0 Å². The lowest BCUT2D eigenvalue weighted by molar-refractivity contribution is 0.157. The highest BCUT2D eigenvalue weighted by atomic mass is 19.2. The number of hydrogen-bond donors (Lipinski definition) is 2. The van der Waals surface area contributed by atoms with Gasteiger partial charge in [0.2, 0.25) is 0 Å². The van der Waals surface area contributed by atoms with Gasteiger partial charge in [-0.2, -0.15) is 0 Å². The predicted octanol–water partition coefficient (Wildman–Crippen LogP) is 1.63. The van der Waals surface area contributed by atoms with Gasteiger partial charge in [-0.3, -0.25) is 0 Å². The van der Waals surface area contributed by atoms with Crippen LogP contribution in [0.4, 0.5) is 17.6 Å². The number of nitrogens with two attached hydrogens (primary N) is 1. The summed E-state index contributed by atoms with van der Waals surface area (Å²) in [6.45, 7) is -0.0574. The molecule has 2 nitrogen and oxygen atoms in total. The Morgan fingerprint density at radius 2 is 1.60 bits per heavy atom. The fourth-order valence-electron chi connectivity index (χ4n) is 1.19. The van der Waals surface area contributed by atoms with Gasteiger partial charge in [-0.05, 0) is 13.0 Å². The zero-order valence-electron chi connectivity index (χ0n) is 7.61. The third kappa shape index (κ3) is 2.27. The normalized spacial score (nSPS) is 12.9. The van der Waals surface area contributed by atoms with Crippen LogP contribution in [0.1, 0.15) is 18.1 Å². The summed E-state index contributed by atoms with van der Waals surface area (Å²) in [7, 11) is 0. The van der Waals surface area contributed by atoms with Crippen LogP contribution in [-0.2, 0) is 0 Å². The Morgan fingerprint density at radius 1 is 1.13 bits per heavy atom. The lowest BCUT2D eigenvalue weighted by Crippen LogP contribution is -2.12. The van der Waals surface area contributed by atoms with Crippen LogP contribution in [0.2, 0.25) is 0 Å². The maximum Gasteiger partial charge on any atom is 0.167 e. The first kappa shape index (κ1) is 11.9. The summed E-state index contributed by atoms with van der Waals surface area (Å²) in [5.74, 6) is -6.26. The minimum Gasteiger partial charge on any atom is -0.388 e. The molecule has 0 aromatic heterocycles. The summed E-state index contributed by atoms with van der Waals surface area (Å²) in [4.78, 5) is 0. The van der Waals surface area contributed by atoms with Crippen molar-refractivity contribution < 1.29 is 22.7 Å². The van der Waals surface area contributed by atoms with Gasteiger partial charge in [0.25, 0.3) is 0 Å². The molecule has 0 aliphatic rings. The molecule has 0 heterocycles. The topological polar surface area (TPSA) is 46.2 Å². The van der Waals surface area contributed by atoms with Gasteiger partial charge in [-0.1, -0.05) is 0 Å². The number of aliphatic hydroxyl groups is 1. The Morgan fingerprint density at radius 3 is 2.00 bits per heavy atom. The monoisotopic (exact) mass is 223 g/mol. The van der Waals surface area contributed by atoms with E-state index < -0.39 is 34.9 Å². The van der Waals surface area contributed by atoms with E-state index in [-0.39, 0.29) is 19.0 Å². The zero-order chi connectivity index (χ0) is 11.6. The van der Waals surface area contributed by atoms with Crippen molar-refractivity contribution in [1.29, 1.82) is 0 Å². The first-order valence-corrected chi connectivity index (χ1v) is 4.20. The van der Waals surface area contributed by atoms with Crippen LogP contribution < -0.4 is 5.73 Å². The van der Waals surface area contributed by atoms with Crippen molar-refractivity contribution in [3.8, 4) is 0 Å². The van der Waals surface area contributed by atoms with Gasteiger partial charge in [-0.15, -0.1) is 0 Å². The standard InChI is InChI=1S/C9H9F4NO/c10-4-3-5(11)9(13)7(8(4)12)6(15)1-2-14/h3,6,15H,1-2,14H2. The van der Waals surface area contributed by atoms with E-state index in [1.165, 1.54) is 0 Å². The average molecular weight is 223 g/mol. The molecule has 6 heteroatoms. The molecule has 15 heavy (non-hydrogen) atoms. The second-order valence-electron chi connectivity index (χ2n) is 2.98. The molecule has 0 spiro atoms. The van der Waals surface area contributed by atoms with Crippen molar-refractivity contribution in [1.82, 2.24) is 0 Å². The van der Waals surface area contributed by atoms with Crippen molar-refractivity contribution in [2.45, 2.75) is 12.5 Å². The lowest BCUT2D eigenvalue weighted by Gasteiger charge is -2.12. The predicted molar refractivity (Wildman–Crippen MR) is 44.9 cm³/mol. The highest BCUT2D eigenvalue weighted by Crippen LogP contribution is 2.26. The van der Waals surface area contributed by atoms with Crippen molar-refractivity contribution in [3.63, 3.8) is 0 Å². The minimum atomic E-state index is -1.65. The molecule has 0 aliphatic heterocycles. The first-order chi connectivity index (χ1) is 6.99. The van der Waals surface area contributed by atoms with Gasteiger partial charge in [-0.25, -0.2) is 17.6 Å². The Hall–Kier alpha value is -1.14. The van der Waals surface area contributed by atoms with Gasteiger partial charge in [0, 0.05) is 6.07 Å². The lowest BCUT2D eigenvalue weighted by atomic mass is 10.0. The number of hydrogen-bond acceptors (Lipinski definition) is 2. The van der Waals surface area contributed by atoms with Crippen molar-refractivity contribution in [3.05, 3.63) is 34.9 Å². The second-order valence-corrected chi connectivity index (χ2v) is 2.98. The average Bonchev–Trinajstić information content (AvgIpc) is 2.16. The molecule has 0 bridgehead atoms. The molecule has 1 atom stereocenters. The maximum atomic E-state index is 13.0. The summed E-state index contributed by atoms with van der Waals surface area (Å²) in [6.07, 6.45) is -1.84. The summed E-state index contributed by atoms with van der Waals surface area (Å²) in [5.41, 5.74) is 4.03. The molecule has 0 aliphatic carbocycles. The Kier molecular flexibility index (Phi) is 3.65. The van der Waals surface area contributed by atoms with Gasteiger partial charge in [0.15, 0.2) is 23.3 Å². The van der Waals surface area contributed by atoms with Crippen LogP contribution in [0.5, 0.6) is 0 Å². The van der Waals surface area contributed by atoms with E-state index in [1.54, 1.807) is 0 Å². The fourth-order valence-corrected chi connectivity index (χ4v) is 1.19. The van der Waals surface area contributed by atoms with E-state index in [4.69, 9.17) is 5.73 Å². The van der Waals surface area contributed by atoms with E-state index in [0.29, 0.717) is 0 Å². The Labute approximate surface area is 83.3 Å². The van der Waals surface area contributed by atoms with Crippen LogP contribution in [0.15, 0.2) is 6.07 Å². The van der Waals surface area contributed by atoms with Crippen LogP contribution in [-0.4, -0.2) is 11.7 Å². The number of aliphatic hydroxyl groups excluding tert-OH is 1. The summed E-state index contributed by atoms with van der Waals surface area (Å²) < 4.78 is 51.5. The molecule has 1 aromatic rings. The smallest absolute Gasteiger partial charge is 0.167 e. The highest BCUT2D eigenvalue weighted by Gasteiger charge is 2.24. The third-order valence-corrected chi connectivity index (χ3v) is 1.92. The molecular weight excluding hydrogens is 214 g/mol. The number of benzene rings is 1. The second kappa shape index (κ2) is 4.59. The number of rotatable bonds is 3. The Balaban J connectivity index is 3.26. The fraction of sp³-hybridized carbons (Fsp3) is 0.333. The molecule has 0 fully saturated rings. The summed E-state index contributed by atoms with van der Waals surface area (Å²) in [6, 6.07) is 0.0866. The van der Waals surface area contributed by atoms with E-state index in [9.17, 15) is 22.7 Å². The van der Waals surface area contributed by atoms with Crippen LogP contribution >= 0.6 is 0 Å². The highest BCUT2D eigenvalue weighted by molar-refractivity contribution is 5.24. The summed E-state index contributed by atoms with van der Waals surface area (Å²) >= 11 is 0. The zero-order valence-corrected chi connectivity index (χ0v) is 7.61. The quantitative estimate of drug-likeness (QED) is 0.604. The number of halogens is 4. The van der Waals surface area contributed by atoms with Crippen molar-refractivity contribution in [2.75, 3.05) is 6.54 Å². The maximum absolute atomic E-state index is 13.0. The largest absolute Gasteiger partial charge is 0.388 e. The van der Waals surface area contributed by atoms with Gasteiger partial charge >= 0.3 is 0 Å². The molecule has 1 aromatic carbocycles. The van der Waals surface area contributed by atoms with Gasteiger partial charge in [0.1, 0.15) is 0 Å². The molecular formula is C9H9F4NO. The van der Waals surface area contributed by atoms with E-state index in [2.05, 4.69) is 0 Å². The Bertz CT molecular complexity index is 343. The van der Waals surface area contributed by atoms with Gasteiger partial charge < -0.3 is 10.8 Å². The van der Waals surface area contributed by atoms with Crippen molar-refractivity contribution in [2.24, 2.45) is 5.73 Å². The molecule has 1 rings (SSSR count). The summed E-state index contributed by atoms with van der Waals surface area (Å²) in [5, 5.41) is 9.24. The molecule has 0 saturated carbocycles. The van der Waals surface area contributed by atoms with Crippen LogP contribution in [0.25, 0.3) is 0 Å². The third-order valence-electron chi connectivity index (χ3n) is 1.92. The molecule has 84 valence electrons. The van der Waals surface area contributed by atoms with Crippen molar-refractivity contribution >= 4 is 0 Å². The van der Waals surface area contributed by atoms with Crippen LogP contribution in [0, 0.1) is 23.3 Å². The van der Waals surface area contributed by atoms with E-state index >= 15 is 0 Å². The van der Waals surface area contributed by atoms with E-state index in [1.807, 2.05) is 0 Å². The molecule has 0 saturated heterocycles. The molecule has 1 unspecified atom stereocenters. The SMILES string of the molecule is NCCC(O)c1c(F)c(F)cc(F)c1F. The van der Waals surface area contributed by atoms with Gasteiger partial charge in [0.05, 0.1) is 11.7 Å². The molecule has 3 N–H and O–H groups in total.